The first-order valence-electron chi connectivity index (χ1n) is 8.84. The second-order valence-corrected chi connectivity index (χ2v) is 6.19. The Hall–Kier alpha value is -1.84. The summed E-state index contributed by atoms with van der Waals surface area (Å²) >= 11 is 0. The minimum atomic E-state index is -0.534. The van der Waals surface area contributed by atoms with Crippen molar-refractivity contribution in [3.8, 4) is 5.75 Å². The highest BCUT2D eigenvalue weighted by Gasteiger charge is 2.09. The van der Waals surface area contributed by atoms with Gasteiger partial charge < -0.3 is 15.2 Å². The van der Waals surface area contributed by atoms with E-state index < -0.39 is 6.10 Å². The van der Waals surface area contributed by atoms with Crippen LogP contribution in [-0.4, -0.2) is 24.4 Å². The molecule has 0 amide bonds. The van der Waals surface area contributed by atoms with Gasteiger partial charge in [-0.3, -0.25) is 0 Å². The molecule has 130 valence electrons. The molecule has 0 heterocycles. The summed E-state index contributed by atoms with van der Waals surface area (Å²) in [5, 5.41) is 13.5. The van der Waals surface area contributed by atoms with Gasteiger partial charge in [0.2, 0.25) is 0 Å². The number of rotatable bonds is 9. The summed E-state index contributed by atoms with van der Waals surface area (Å²) in [5.41, 5.74) is 3.86. The highest BCUT2D eigenvalue weighted by Crippen LogP contribution is 2.15. The molecule has 0 radical (unpaired) electrons. The number of aliphatic hydroxyl groups is 1. The monoisotopic (exact) mass is 327 g/mol. The molecule has 2 aromatic carbocycles. The number of ether oxygens (including phenoxy) is 1. The Labute approximate surface area is 145 Å². The number of hydrogen-bond acceptors (Lipinski definition) is 3. The lowest BCUT2D eigenvalue weighted by atomic mass is 10.0. The van der Waals surface area contributed by atoms with Crippen LogP contribution in [0.2, 0.25) is 0 Å². The molecule has 0 spiro atoms. The van der Waals surface area contributed by atoms with Gasteiger partial charge in [-0.05, 0) is 48.6 Å². The van der Waals surface area contributed by atoms with E-state index in [1.54, 1.807) is 0 Å². The van der Waals surface area contributed by atoms with Crippen LogP contribution >= 0.6 is 0 Å². The molecule has 0 aromatic heterocycles. The minimum Gasteiger partial charge on any atom is -0.491 e. The first kappa shape index (κ1) is 18.5. The fourth-order valence-electron chi connectivity index (χ4n) is 2.55. The molecule has 0 saturated carbocycles. The minimum absolute atomic E-state index is 0.203. The van der Waals surface area contributed by atoms with E-state index in [0.29, 0.717) is 13.2 Å². The quantitative estimate of drug-likeness (QED) is 0.734. The van der Waals surface area contributed by atoms with E-state index in [1.807, 2.05) is 12.1 Å². The molecule has 2 N–H and O–H groups in total. The van der Waals surface area contributed by atoms with Crippen molar-refractivity contribution in [2.24, 2.45) is 0 Å². The molecule has 2 atom stereocenters. The molecule has 24 heavy (non-hydrogen) atoms. The van der Waals surface area contributed by atoms with Gasteiger partial charge in [0.05, 0.1) is 0 Å². The number of benzene rings is 2. The number of nitrogens with one attached hydrogen (secondary N) is 1. The van der Waals surface area contributed by atoms with Crippen LogP contribution in [-0.2, 0) is 12.8 Å². The van der Waals surface area contributed by atoms with Crippen molar-refractivity contribution in [2.75, 3.05) is 13.2 Å². The summed E-state index contributed by atoms with van der Waals surface area (Å²) in [6.45, 7) is 7.19. The van der Waals surface area contributed by atoms with E-state index in [-0.39, 0.29) is 6.04 Å². The van der Waals surface area contributed by atoms with Crippen LogP contribution < -0.4 is 10.1 Å². The van der Waals surface area contributed by atoms with Crippen molar-refractivity contribution in [2.45, 2.75) is 45.8 Å². The van der Waals surface area contributed by atoms with Crippen molar-refractivity contribution in [3.05, 3.63) is 65.2 Å². The van der Waals surface area contributed by atoms with Crippen LogP contribution in [0.5, 0.6) is 5.75 Å². The lowest BCUT2D eigenvalue weighted by molar-refractivity contribution is 0.104. The second kappa shape index (κ2) is 9.45. The van der Waals surface area contributed by atoms with Crippen molar-refractivity contribution in [3.63, 3.8) is 0 Å². The summed E-state index contributed by atoms with van der Waals surface area (Å²) in [4.78, 5) is 0. The average Bonchev–Trinajstić information content (AvgIpc) is 2.64. The van der Waals surface area contributed by atoms with Gasteiger partial charge in [-0.25, -0.2) is 0 Å². The molecule has 0 saturated heterocycles. The zero-order valence-corrected chi connectivity index (χ0v) is 15.0. The van der Waals surface area contributed by atoms with Gasteiger partial charge >= 0.3 is 0 Å². The van der Waals surface area contributed by atoms with E-state index in [4.69, 9.17) is 4.74 Å². The van der Waals surface area contributed by atoms with E-state index >= 15 is 0 Å². The normalized spacial score (nSPS) is 13.5. The molecule has 3 heteroatoms. The zero-order chi connectivity index (χ0) is 17.4. The summed E-state index contributed by atoms with van der Waals surface area (Å²) < 4.78 is 5.65. The second-order valence-electron chi connectivity index (χ2n) is 6.19. The Morgan fingerprint density at radius 3 is 2.00 bits per heavy atom. The standard InChI is InChI=1S/C21H29NO2/c1-4-17-6-10-19(11-7-17)16(3)22-14-20(23)15-24-21-12-8-18(5-2)9-13-21/h6-13,16,20,22-23H,4-5,14-15H2,1-3H3. The average molecular weight is 327 g/mol. The van der Waals surface area contributed by atoms with Crippen LogP contribution in [0.3, 0.4) is 0 Å². The van der Waals surface area contributed by atoms with Gasteiger partial charge in [-0.15, -0.1) is 0 Å². The fraction of sp³-hybridized carbons (Fsp3) is 0.429. The summed E-state index contributed by atoms with van der Waals surface area (Å²) in [6, 6.07) is 16.8. The van der Waals surface area contributed by atoms with Gasteiger partial charge in [0, 0.05) is 12.6 Å². The smallest absolute Gasteiger partial charge is 0.119 e. The highest BCUT2D eigenvalue weighted by molar-refractivity contribution is 5.27. The maximum Gasteiger partial charge on any atom is 0.119 e. The topological polar surface area (TPSA) is 41.5 Å². The van der Waals surface area contributed by atoms with E-state index in [1.165, 1.54) is 16.7 Å². The molecule has 2 rings (SSSR count). The lowest BCUT2D eigenvalue weighted by Crippen LogP contribution is -2.33. The maximum atomic E-state index is 10.1. The molecule has 3 nitrogen and oxygen atoms in total. The Bertz CT molecular complexity index is 592. The van der Waals surface area contributed by atoms with Gasteiger partial charge in [-0.2, -0.15) is 0 Å². The molecule has 0 aliphatic heterocycles. The third kappa shape index (κ3) is 5.66. The van der Waals surface area contributed by atoms with Gasteiger partial charge in [0.15, 0.2) is 0 Å². The lowest BCUT2D eigenvalue weighted by Gasteiger charge is -2.18. The molecule has 2 aromatic rings. The molecular formula is C21H29NO2. The van der Waals surface area contributed by atoms with Crippen molar-refractivity contribution < 1.29 is 9.84 Å². The van der Waals surface area contributed by atoms with Gasteiger partial charge in [0.1, 0.15) is 18.5 Å². The van der Waals surface area contributed by atoms with E-state index in [0.717, 1.165) is 18.6 Å². The predicted molar refractivity (Wildman–Crippen MR) is 99.6 cm³/mol. The number of aliphatic hydroxyl groups excluding tert-OH is 1. The van der Waals surface area contributed by atoms with Gasteiger partial charge in [0.25, 0.3) is 0 Å². The van der Waals surface area contributed by atoms with Crippen molar-refractivity contribution >= 4 is 0 Å². The molecular weight excluding hydrogens is 298 g/mol. The summed E-state index contributed by atoms with van der Waals surface area (Å²) in [7, 11) is 0. The molecule has 2 unspecified atom stereocenters. The van der Waals surface area contributed by atoms with Crippen LogP contribution in [0.4, 0.5) is 0 Å². The van der Waals surface area contributed by atoms with Gasteiger partial charge in [-0.1, -0.05) is 50.2 Å². The Kier molecular flexibility index (Phi) is 7.29. The van der Waals surface area contributed by atoms with E-state index in [2.05, 4.69) is 62.5 Å². The van der Waals surface area contributed by atoms with E-state index in [9.17, 15) is 5.11 Å². The van der Waals surface area contributed by atoms with Crippen LogP contribution in [0.1, 0.15) is 43.5 Å². The summed E-state index contributed by atoms with van der Waals surface area (Å²) in [6.07, 6.45) is 1.54. The summed E-state index contributed by atoms with van der Waals surface area (Å²) in [5.74, 6) is 0.800. The number of aryl methyl sites for hydroxylation is 2. The zero-order valence-electron chi connectivity index (χ0n) is 15.0. The van der Waals surface area contributed by atoms with Crippen LogP contribution in [0, 0.1) is 0 Å². The molecule has 0 fully saturated rings. The fourth-order valence-corrected chi connectivity index (χ4v) is 2.55. The van der Waals surface area contributed by atoms with Crippen LogP contribution in [0.15, 0.2) is 48.5 Å². The Balaban J connectivity index is 1.74. The molecule has 0 aliphatic carbocycles. The first-order valence-corrected chi connectivity index (χ1v) is 8.84. The Morgan fingerprint density at radius 2 is 1.46 bits per heavy atom. The molecule has 0 aliphatic rings. The predicted octanol–water partition coefficient (Wildman–Crippen LogP) is 3.90. The highest BCUT2D eigenvalue weighted by atomic mass is 16.5. The van der Waals surface area contributed by atoms with Crippen molar-refractivity contribution in [1.29, 1.82) is 0 Å². The Morgan fingerprint density at radius 1 is 0.917 bits per heavy atom. The SMILES string of the molecule is CCc1ccc(OCC(O)CNC(C)c2ccc(CC)cc2)cc1. The molecule has 0 bridgehead atoms. The third-order valence-electron chi connectivity index (χ3n) is 4.32. The maximum absolute atomic E-state index is 10.1. The first-order chi connectivity index (χ1) is 11.6. The van der Waals surface area contributed by atoms with Crippen molar-refractivity contribution in [1.82, 2.24) is 5.32 Å². The largest absolute Gasteiger partial charge is 0.491 e. The third-order valence-corrected chi connectivity index (χ3v) is 4.32. The van der Waals surface area contributed by atoms with Crippen LogP contribution in [0.25, 0.3) is 0 Å². The number of hydrogen-bond donors (Lipinski definition) is 2.